The summed E-state index contributed by atoms with van der Waals surface area (Å²) >= 11 is 6.03. The van der Waals surface area contributed by atoms with Gasteiger partial charge in [0.25, 0.3) is 15.9 Å². The number of sulfonamides is 1. The molecule has 1 aromatic heterocycles. The number of hydrazone groups is 1. The summed E-state index contributed by atoms with van der Waals surface area (Å²) in [5.74, 6) is -0.557. The predicted octanol–water partition coefficient (Wildman–Crippen LogP) is 5.66. The molecule has 0 saturated carbocycles. The van der Waals surface area contributed by atoms with E-state index in [-0.39, 0.29) is 4.90 Å². The largest absolute Gasteiger partial charge is 0.318 e. The molecule has 1 amide bonds. The lowest BCUT2D eigenvalue weighted by Gasteiger charge is -2.25. The number of carbonyl (C=O) groups excluding carboxylic acids is 1. The third-order valence-electron chi connectivity index (χ3n) is 6.21. The maximum atomic E-state index is 13.6. The maximum absolute atomic E-state index is 13.6. The zero-order valence-electron chi connectivity index (χ0n) is 21.4. The summed E-state index contributed by atoms with van der Waals surface area (Å²) in [4.78, 5) is 13.1. The second-order valence-corrected chi connectivity index (χ2v) is 11.0. The average molecular weight is 549 g/mol. The number of nitrogens with zero attached hydrogens (tertiary/aromatic N) is 3. The van der Waals surface area contributed by atoms with Crippen LogP contribution in [0.15, 0.2) is 94.9 Å². The van der Waals surface area contributed by atoms with Crippen LogP contribution in [0.3, 0.4) is 0 Å². The van der Waals surface area contributed by atoms with Gasteiger partial charge >= 0.3 is 0 Å². The Balaban J connectivity index is 1.57. The molecular weight excluding hydrogens is 520 g/mol. The summed E-state index contributed by atoms with van der Waals surface area (Å²) in [5.41, 5.74) is 7.49. The zero-order valence-corrected chi connectivity index (χ0v) is 23.0. The number of amides is 1. The van der Waals surface area contributed by atoms with Crippen LogP contribution in [0.2, 0.25) is 5.02 Å². The fourth-order valence-electron chi connectivity index (χ4n) is 4.32. The predicted molar refractivity (Wildman–Crippen MR) is 153 cm³/mol. The second-order valence-electron chi connectivity index (χ2n) is 8.74. The third kappa shape index (κ3) is 5.82. The second kappa shape index (κ2) is 11.7. The highest BCUT2D eigenvalue weighted by Gasteiger charge is 2.28. The van der Waals surface area contributed by atoms with Crippen LogP contribution in [0.5, 0.6) is 0 Å². The van der Waals surface area contributed by atoms with Gasteiger partial charge in [-0.25, -0.2) is 13.8 Å². The van der Waals surface area contributed by atoms with Crippen LogP contribution in [0.25, 0.3) is 5.69 Å². The maximum Gasteiger partial charge on any atom is 0.264 e. The van der Waals surface area contributed by atoms with E-state index in [1.807, 2.05) is 63.2 Å². The Labute approximate surface area is 228 Å². The summed E-state index contributed by atoms with van der Waals surface area (Å²) in [6.45, 7) is 5.46. The molecule has 0 unspecified atom stereocenters. The Bertz CT molecular complexity index is 1560. The Morgan fingerprint density at radius 3 is 2.34 bits per heavy atom. The monoisotopic (exact) mass is 548 g/mol. The molecule has 0 fully saturated rings. The molecule has 0 saturated heterocycles. The minimum Gasteiger partial charge on any atom is -0.318 e. The van der Waals surface area contributed by atoms with Gasteiger partial charge in [-0.05, 0) is 74.4 Å². The SMILES string of the molecule is CCc1ccccc1N(CC(=O)N/N=C/c1cc(C)n(-c2ccc(Cl)cc2)c1C)S(=O)(=O)c1ccccc1. The van der Waals surface area contributed by atoms with Crippen LogP contribution in [0, 0.1) is 13.8 Å². The fourth-order valence-corrected chi connectivity index (χ4v) is 5.92. The lowest BCUT2D eigenvalue weighted by molar-refractivity contribution is -0.119. The molecule has 0 spiro atoms. The van der Waals surface area contributed by atoms with E-state index in [1.54, 1.807) is 36.5 Å². The van der Waals surface area contributed by atoms with Crippen LogP contribution < -0.4 is 9.73 Å². The number of para-hydroxylation sites is 1. The number of hydrogen-bond donors (Lipinski definition) is 1. The van der Waals surface area contributed by atoms with E-state index in [0.717, 1.165) is 32.5 Å². The first-order valence-electron chi connectivity index (χ1n) is 12.1. The highest BCUT2D eigenvalue weighted by Crippen LogP contribution is 2.27. The molecule has 4 rings (SSSR count). The number of aryl methyl sites for hydroxylation is 2. The number of benzene rings is 3. The number of nitrogens with one attached hydrogen (secondary N) is 1. The van der Waals surface area contributed by atoms with Crippen molar-refractivity contribution in [2.24, 2.45) is 5.10 Å². The van der Waals surface area contributed by atoms with Crippen molar-refractivity contribution in [3.63, 3.8) is 0 Å². The van der Waals surface area contributed by atoms with Gasteiger partial charge in [0.05, 0.1) is 16.8 Å². The molecule has 0 aliphatic rings. The van der Waals surface area contributed by atoms with E-state index in [0.29, 0.717) is 17.1 Å². The lowest BCUT2D eigenvalue weighted by Crippen LogP contribution is -2.40. The average Bonchev–Trinajstić information content (AvgIpc) is 3.20. The molecule has 0 radical (unpaired) electrons. The highest BCUT2D eigenvalue weighted by atomic mass is 35.5. The molecule has 3 aromatic carbocycles. The number of rotatable bonds is 9. The summed E-state index contributed by atoms with van der Waals surface area (Å²) in [6.07, 6.45) is 2.17. The number of aromatic nitrogens is 1. The van der Waals surface area contributed by atoms with Crippen molar-refractivity contribution in [3.8, 4) is 5.69 Å². The lowest BCUT2D eigenvalue weighted by atomic mass is 10.1. The first kappa shape index (κ1) is 27.2. The molecule has 0 atom stereocenters. The third-order valence-corrected chi connectivity index (χ3v) is 8.23. The van der Waals surface area contributed by atoms with E-state index in [2.05, 4.69) is 15.1 Å². The Morgan fingerprint density at radius 1 is 1.00 bits per heavy atom. The van der Waals surface area contributed by atoms with Gasteiger partial charge in [0.2, 0.25) is 0 Å². The molecule has 0 bridgehead atoms. The van der Waals surface area contributed by atoms with Crippen LogP contribution in [0.1, 0.15) is 29.4 Å². The molecule has 0 aliphatic heterocycles. The smallest absolute Gasteiger partial charge is 0.264 e. The van der Waals surface area contributed by atoms with Gasteiger partial charge in [0.15, 0.2) is 0 Å². The number of carbonyl (C=O) groups is 1. The van der Waals surface area contributed by atoms with Gasteiger partial charge < -0.3 is 4.57 Å². The minimum atomic E-state index is -3.99. The Kier molecular flexibility index (Phi) is 8.34. The number of anilines is 1. The van der Waals surface area contributed by atoms with Crippen molar-refractivity contribution in [1.82, 2.24) is 9.99 Å². The summed E-state index contributed by atoms with van der Waals surface area (Å²) in [7, 11) is -3.99. The van der Waals surface area contributed by atoms with Crippen molar-refractivity contribution in [1.29, 1.82) is 0 Å². The molecule has 0 aliphatic carbocycles. The van der Waals surface area contributed by atoms with Crippen LogP contribution in [-0.2, 0) is 21.2 Å². The van der Waals surface area contributed by atoms with Crippen LogP contribution in [0.4, 0.5) is 5.69 Å². The Morgan fingerprint density at radius 2 is 1.66 bits per heavy atom. The van der Waals surface area contributed by atoms with E-state index in [4.69, 9.17) is 11.6 Å². The van der Waals surface area contributed by atoms with Gasteiger partial charge in [-0.2, -0.15) is 5.10 Å². The van der Waals surface area contributed by atoms with Crippen LogP contribution >= 0.6 is 11.6 Å². The zero-order chi connectivity index (χ0) is 27.3. The van der Waals surface area contributed by atoms with Gasteiger partial charge in [-0.3, -0.25) is 9.10 Å². The topological polar surface area (TPSA) is 83.8 Å². The van der Waals surface area contributed by atoms with E-state index < -0.39 is 22.5 Å². The van der Waals surface area contributed by atoms with Gasteiger partial charge in [0.1, 0.15) is 6.54 Å². The highest BCUT2D eigenvalue weighted by molar-refractivity contribution is 7.92. The van der Waals surface area contributed by atoms with Crippen molar-refractivity contribution >= 4 is 39.4 Å². The first-order chi connectivity index (χ1) is 18.2. The molecule has 9 heteroatoms. The summed E-state index contributed by atoms with van der Waals surface area (Å²) in [6, 6.07) is 24.7. The fraction of sp³-hybridized carbons (Fsp3) is 0.172. The molecule has 196 valence electrons. The number of hydrogen-bond acceptors (Lipinski definition) is 4. The Hall–Kier alpha value is -3.88. The standard InChI is InChI=1S/C29H29ClN4O3S/c1-4-23-10-8-9-13-28(23)33(38(36,37)27-11-6-5-7-12-27)20-29(35)32-31-19-24-18-21(2)34(22(24)3)26-16-14-25(30)15-17-26/h5-19H,4,20H2,1-3H3,(H,32,35)/b31-19+. The van der Waals surface area contributed by atoms with E-state index >= 15 is 0 Å². The minimum absolute atomic E-state index is 0.108. The molecule has 38 heavy (non-hydrogen) atoms. The van der Waals surface area contributed by atoms with Crippen molar-refractivity contribution in [2.45, 2.75) is 32.1 Å². The summed E-state index contributed by atoms with van der Waals surface area (Å²) in [5, 5.41) is 4.79. The van der Waals surface area contributed by atoms with Gasteiger partial charge in [-0.1, -0.05) is 54.9 Å². The van der Waals surface area contributed by atoms with Crippen molar-refractivity contribution in [3.05, 3.63) is 112 Å². The molecule has 7 nitrogen and oxygen atoms in total. The summed E-state index contributed by atoms with van der Waals surface area (Å²) < 4.78 is 30.3. The van der Waals surface area contributed by atoms with E-state index in [9.17, 15) is 13.2 Å². The quantitative estimate of drug-likeness (QED) is 0.216. The molecule has 4 aromatic rings. The molecular formula is C29H29ClN4O3S. The van der Waals surface area contributed by atoms with Crippen molar-refractivity contribution < 1.29 is 13.2 Å². The van der Waals surface area contributed by atoms with Crippen LogP contribution in [-0.4, -0.2) is 31.7 Å². The normalized spacial score (nSPS) is 11.6. The van der Waals surface area contributed by atoms with Gasteiger partial charge in [-0.15, -0.1) is 0 Å². The molecule has 1 heterocycles. The van der Waals surface area contributed by atoms with Crippen molar-refractivity contribution in [2.75, 3.05) is 10.8 Å². The molecule has 1 N–H and O–H groups in total. The van der Waals surface area contributed by atoms with E-state index in [1.165, 1.54) is 12.1 Å². The first-order valence-corrected chi connectivity index (χ1v) is 14.0. The number of halogens is 1. The van der Waals surface area contributed by atoms with Gasteiger partial charge in [0, 0.05) is 27.7 Å².